The monoisotopic (exact) mass is 425 g/mol. The third kappa shape index (κ3) is 6.39. The average molecular weight is 426 g/mol. The number of thioether (sulfide) groups is 1. The molecule has 1 aliphatic heterocycles. The van der Waals surface area contributed by atoms with E-state index in [1.54, 1.807) is 0 Å². The SMILES string of the molecule is CN(C(=O)CSCC(=O)NCC1NCCc2ccccc21)C1CCCCC1.Cl. The van der Waals surface area contributed by atoms with E-state index < -0.39 is 0 Å². The van der Waals surface area contributed by atoms with Gasteiger partial charge in [-0.3, -0.25) is 9.59 Å². The van der Waals surface area contributed by atoms with Crippen molar-refractivity contribution in [1.82, 2.24) is 15.5 Å². The van der Waals surface area contributed by atoms with Gasteiger partial charge in [-0.05, 0) is 36.9 Å². The highest BCUT2D eigenvalue weighted by Gasteiger charge is 2.22. The number of carbonyl (C=O) groups is 2. The van der Waals surface area contributed by atoms with E-state index in [4.69, 9.17) is 0 Å². The molecule has 1 aliphatic carbocycles. The molecule has 2 amide bonds. The Balaban J connectivity index is 0.00000280. The van der Waals surface area contributed by atoms with Crippen LogP contribution in [-0.4, -0.2) is 54.4 Å². The van der Waals surface area contributed by atoms with Crippen molar-refractivity contribution in [2.24, 2.45) is 0 Å². The van der Waals surface area contributed by atoms with E-state index in [9.17, 15) is 9.59 Å². The molecule has 2 N–H and O–H groups in total. The molecular formula is C21H32ClN3O2S. The van der Waals surface area contributed by atoms with Crippen molar-refractivity contribution in [3.8, 4) is 0 Å². The Bertz CT molecular complexity index is 652. The van der Waals surface area contributed by atoms with Crippen LogP contribution in [0, 0.1) is 0 Å². The Morgan fingerprint density at radius 1 is 1.18 bits per heavy atom. The summed E-state index contributed by atoms with van der Waals surface area (Å²) in [6.07, 6.45) is 6.99. The quantitative estimate of drug-likeness (QED) is 0.705. The van der Waals surface area contributed by atoms with E-state index in [0.29, 0.717) is 24.1 Å². The Hall–Kier alpha value is -1.24. The summed E-state index contributed by atoms with van der Waals surface area (Å²) in [5.74, 6) is 0.851. The standard InChI is InChI=1S/C21H31N3O2S.ClH/c1-24(17-8-3-2-4-9-17)21(26)15-27-14-20(25)23-13-19-18-10-6-5-7-16(18)11-12-22-19;/h5-7,10,17,19,22H,2-4,8-9,11-15H2,1H3,(H,23,25);1H. The van der Waals surface area contributed by atoms with Crippen LogP contribution in [0.4, 0.5) is 0 Å². The average Bonchev–Trinajstić information content (AvgIpc) is 2.72. The van der Waals surface area contributed by atoms with Crippen LogP contribution in [0.5, 0.6) is 0 Å². The fourth-order valence-corrected chi connectivity index (χ4v) is 4.81. The summed E-state index contributed by atoms with van der Waals surface area (Å²) in [4.78, 5) is 26.4. The van der Waals surface area contributed by atoms with E-state index in [1.807, 2.05) is 18.0 Å². The largest absolute Gasteiger partial charge is 0.353 e. The normalized spacial score (nSPS) is 19.2. The Morgan fingerprint density at radius 3 is 2.71 bits per heavy atom. The van der Waals surface area contributed by atoms with E-state index >= 15 is 0 Å². The maximum atomic E-state index is 12.3. The molecule has 0 radical (unpaired) electrons. The number of hydrogen-bond donors (Lipinski definition) is 2. The first-order valence-electron chi connectivity index (χ1n) is 10.1. The zero-order chi connectivity index (χ0) is 19.1. The molecule has 28 heavy (non-hydrogen) atoms. The predicted octanol–water partition coefficient (Wildman–Crippen LogP) is 2.94. The van der Waals surface area contributed by atoms with Gasteiger partial charge in [0.2, 0.25) is 11.8 Å². The van der Waals surface area contributed by atoms with Crippen molar-refractivity contribution in [2.45, 2.75) is 50.6 Å². The maximum Gasteiger partial charge on any atom is 0.232 e. The van der Waals surface area contributed by atoms with E-state index in [1.165, 1.54) is 42.2 Å². The van der Waals surface area contributed by atoms with Gasteiger partial charge < -0.3 is 15.5 Å². The molecular weight excluding hydrogens is 394 g/mol. The first-order valence-corrected chi connectivity index (χ1v) is 11.2. The summed E-state index contributed by atoms with van der Waals surface area (Å²) in [7, 11) is 1.91. The van der Waals surface area contributed by atoms with Crippen LogP contribution < -0.4 is 10.6 Å². The minimum Gasteiger partial charge on any atom is -0.353 e. The smallest absolute Gasteiger partial charge is 0.232 e. The number of nitrogens with zero attached hydrogens (tertiary/aromatic N) is 1. The molecule has 3 rings (SSSR count). The summed E-state index contributed by atoms with van der Waals surface area (Å²) < 4.78 is 0. The molecule has 1 atom stereocenters. The number of carbonyl (C=O) groups excluding carboxylic acids is 2. The summed E-state index contributed by atoms with van der Waals surface area (Å²) in [6, 6.07) is 8.96. The Labute approximate surface area is 178 Å². The summed E-state index contributed by atoms with van der Waals surface area (Å²) in [6.45, 7) is 1.53. The number of hydrogen-bond acceptors (Lipinski definition) is 4. The molecule has 1 aromatic carbocycles. The van der Waals surface area contributed by atoms with E-state index in [-0.39, 0.29) is 30.3 Å². The highest BCUT2D eigenvalue weighted by Crippen LogP contribution is 2.23. The molecule has 0 saturated heterocycles. The molecule has 156 valence electrons. The molecule has 1 unspecified atom stereocenters. The molecule has 1 saturated carbocycles. The molecule has 2 aliphatic rings. The van der Waals surface area contributed by atoms with Crippen LogP contribution >= 0.6 is 24.2 Å². The van der Waals surface area contributed by atoms with Gasteiger partial charge in [-0.1, -0.05) is 43.5 Å². The van der Waals surface area contributed by atoms with Crippen LogP contribution in [0.25, 0.3) is 0 Å². The van der Waals surface area contributed by atoms with E-state index in [0.717, 1.165) is 25.8 Å². The fraction of sp³-hybridized carbons (Fsp3) is 0.619. The Kier molecular flexibility index (Phi) is 9.62. The van der Waals surface area contributed by atoms with Gasteiger partial charge in [0.25, 0.3) is 0 Å². The first kappa shape index (κ1) is 23.0. The van der Waals surface area contributed by atoms with Crippen LogP contribution in [-0.2, 0) is 16.0 Å². The molecule has 5 nitrogen and oxygen atoms in total. The molecule has 1 aromatic rings. The minimum atomic E-state index is -0.00188. The predicted molar refractivity (Wildman–Crippen MR) is 118 cm³/mol. The third-order valence-corrected chi connectivity index (χ3v) is 6.61. The number of benzene rings is 1. The van der Waals surface area contributed by atoms with Crippen LogP contribution in [0.1, 0.15) is 49.3 Å². The van der Waals surface area contributed by atoms with Crippen molar-refractivity contribution in [1.29, 1.82) is 0 Å². The lowest BCUT2D eigenvalue weighted by Crippen LogP contribution is -2.40. The van der Waals surface area contributed by atoms with Gasteiger partial charge in [-0.25, -0.2) is 0 Å². The summed E-state index contributed by atoms with van der Waals surface area (Å²) >= 11 is 1.41. The van der Waals surface area contributed by atoms with Crippen LogP contribution in [0.15, 0.2) is 24.3 Å². The second-order valence-corrected chi connectivity index (χ2v) is 8.53. The number of rotatable bonds is 7. The van der Waals surface area contributed by atoms with Gasteiger partial charge in [0.05, 0.1) is 11.5 Å². The van der Waals surface area contributed by atoms with Gasteiger partial charge in [-0.2, -0.15) is 0 Å². The van der Waals surface area contributed by atoms with Gasteiger partial charge >= 0.3 is 0 Å². The Morgan fingerprint density at radius 2 is 1.93 bits per heavy atom. The minimum absolute atomic E-state index is 0. The van der Waals surface area contributed by atoms with Crippen LogP contribution in [0.3, 0.4) is 0 Å². The van der Waals surface area contributed by atoms with Crippen molar-refractivity contribution >= 4 is 36.0 Å². The lowest BCUT2D eigenvalue weighted by atomic mass is 9.94. The van der Waals surface area contributed by atoms with Gasteiger partial charge in [0.1, 0.15) is 0 Å². The lowest BCUT2D eigenvalue weighted by Gasteiger charge is -2.31. The first-order chi connectivity index (χ1) is 13.1. The number of nitrogens with one attached hydrogen (secondary N) is 2. The molecule has 7 heteroatoms. The molecule has 0 aromatic heterocycles. The van der Waals surface area contributed by atoms with Crippen LogP contribution in [0.2, 0.25) is 0 Å². The van der Waals surface area contributed by atoms with Gasteiger partial charge in [0, 0.05) is 25.7 Å². The van der Waals surface area contributed by atoms with E-state index in [2.05, 4.69) is 28.8 Å². The maximum absolute atomic E-state index is 12.3. The van der Waals surface area contributed by atoms with Crippen molar-refractivity contribution < 1.29 is 9.59 Å². The van der Waals surface area contributed by atoms with Gasteiger partial charge in [-0.15, -0.1) is 24.2 Å². The molecule has 0 bridgehead atoms. The topological polar surface area (TPSA) is 61.4 Å². The third-order valence-electron chi connectivity index (χ3n) is 5.69. The number of halogens is 1. The second-order valence-electron chi connectivity index (χ2n) is 7.55. The lowest BCUT2D eigenvalue weighted by molar-refractivity contribution is -0.129. The van der Waals surface area contributed by atoms with Crippen molar-refractivity contribution in [2.75, 3.05) is 31.6 Å². The van der Waals surface area contributed by atoms with Crippen molar-refractivity contribution in [3.63, 3.8) is 0 Å². The highest BCUT2D eigenvalue weighted by molar-refractivity contribution is 8.00. The molecule has 1 fully saturated rings. The number of fused-ring (bicyclic) bond motifs is 1. The second kappa shape index (κ2) is 11.7. The van der Waals surface area contributed by atoms with Crippen molar-refractivity contribution in [3.05, 3.63) is 35.4 Å². The zero-order valence-electron chi connectivity index (χ0n) is 16.6. The molecule has 1 heterocycles. The molecule has 0 spiro atoms. The fourth-order valence-electron chi connectivity index (χ4n) is 4.05. The number of amides is 2. The summed E-state index contributed by atoms with van der Waals surface area (Å²) in [5, 5.41) is 6.49. The highest BCUT2D eigenvalue weighted by atomic mass is 35.5. The summed E-state index contributed by atoms with van der Waals surface area (Å²) in [5.41, 5.74) is 2.64. The zero-order valence-corrected chi connectivity index (χ0v) is 18.2. The van der Waals surface area contributed by atoms with Gasteiger partial charge in [0.15, 0.2) is 0 Å².